The molecule has 0 radical (unpaired) electrons. The first-order valence-corrected chi connectivity index (χ1v) is 8.72. The zero-order valence-electron chi connectivity index (χ0n) is 16.1. The van der Waals surface area contributed by atoms with Gasteiger partial charge in [0.2, 0.25) is 0 Å². The van der Waals surface area contributed by atoms with Gasteiger partial charge in [0.25, 0.3) is 11.5 Å². The number of hydrogen-bond acceptors (Lipinski definition) is 7. The molecule has 152 valence electrons. The highest BCUT2D eigenvalue weighted by molar-refractivity contribution is 5.83. The van der Waals surface area contributed by atoms with Gasteiger partial charge in [-0.2, -0.15) is 5.10 Å². The quantitative estimate of drug-likeness (QED) is 0.431. The van der Waals surface area contributed by atoms with E-state index in [1.165, 1.54) is 41.8 Å². The molecule has 0 aliphatic carbocycles. The van der Waals surface area contributed by atoms with Gasteiger partial charge in [0.1, 0.15) is 12.2 Å². The van der Waals surface area contributed by atoms with Gasteiger partial charge in [-0.1, -0.05) is 0 Å². The molecule has 3 aromatic rings. The molecule has 0 unspecified atom stereocenters. The number of nitrogens with one attached hydrogen (secondary N) is 1. The molecule has 0 spiro atoms. The zero-order chi connectivity index (χ0) is 21.1. The first-order valence-electron chi connectivity index (χ1n) is 8.72. The number of carbonyl (C=O) groups is 1. The zero-order valence-corrected chi connectivity index (χ0v) is 16.1. The van der Waals surface area contributed by atoms with Crippen LogP contribution < -0.4 is 21.4 Å². The van der Waals surface area contributed by atoms with Crippen LogP contribution in [0.15, 0.2) is 39.2 Å². The number of imidazole rings is 1. The second-order valence-corrected chi connectivity index (χ2v) is 6.20. The van der Waals surface area contributed by atoms with Crippen LogP contribution in [0, 0.1) is 0 Å². The number of nitrogens with zero attached hydrogens (tertiary/aromatic N) is 5. The van der Waals surface area contributed by atoms with Crippen molar-refractivity contribution in [3.05, 3.63) is 50.9 Å². The molecule has 1 amide bonds. The molecule has 0 atom stereocenters. The summed E-state index contributed by atoms with van der Waals surface area (Å²) >= 11 is 0. The van der Waals surface area contributed by atoms with Crippen LogP contribution in [0.1, 0.15) is 12.5 Å². The Balaban J connectivity index is 1.75. The van der Waals surface area contributed by atoms with Gasteiger partial charge < -0.3 is 14.4 Å². The van der Waals surface area contributed by atoms with Crippen LogP contribution in [0.5, 0.6) is 11.5 Å². The number of aryl methyl sites for hydroxylation is 1. The van der Waals surface area contributed by atoms with E-state index in [1.54, 1.807) is 19.1 Å². The van der Waals surface area contributed by atoms with Crippen LogP contribution >= 0.6 is 0 Å². The number of benzene rings is 1. The molecule has 1 aromatic carbocycles. The van der Waals surface area contributed by atoms with Gasteiger partial charge in [0, 0.05) is 14.1 Å². The van der Waals surface area contributed by atoms with Gasteiger partial charge in [-0.05, 0) is 30.7 Å². The average Bonchev–Trinajstić information content (AvgIpc) is 3.11. The number of phenolic OH excluding ortho intramolecular Hbond substituents is 1. The first kappa shape index (κ1) is 19.9. The number of aromatic nitrogens is 4. The Morgan fingerprint density at radius 3 is 2.79 bits per heavy atom. The van der Waals surface area contributed by atoms with Crippen molar-refractivity contribution in [2.75, 3.05) is 6.61 Å². The summed E-state index contributed by atoms with van der Waals surface area (Å²) < 4.78 is 8.90. The molecular formula is C18H20N6O5. The van der Waals surface area contributed by atoms with Gasteiger partial charge in [-0.25, -0.2) is 15.2 Å². The van der Waals surface area contributed by atoms with E-state index in [4.69, 9.17) is 4.74 Å². The summed E-state index contributed by atoms with van der Waals surface area (Å²) in [7, 11) is 2.87. The maximum absolute atomic E-state index is 12.2. The Labute approximate surface area is 164 Å². The number of phenols is 1. The Hall–Kier alpha value is -3.89. The number of fused-ring (bicyclic) bond motifs is 1. The minimum atomic E-state index is -0.530. The predicted octanol–water partition coefficient (Wildman–Crippen LogP) is -0.312. The third kappa shape index (κ3) is 3.88. The minimum Gasteiger partial charge on any atom is -0.504 e. The Morgan fingerprint density at radius 1 is 1.31 bits per heavy atom. The number of ether oxygens (including phenoxy) is 1. The average molecular weight is 400 g/mol. The van der Waals surface area contributed by atoms with Crippen molar-refractivity contribution in [3.8, 4) is 11.5 Å². The van der Waals surface area contributed by atoms with Crippen molar-refractivity contribution in [1.82, 2.24) is 24.1 Å². The second-order valence-electron chi connectivity index (χ2n) is 6.20. The first-order chi connectivity index (χ1) is 13.8. The topological polar surface area (TPSA) is 133 Å². The maximum Gasteiger partial charge on any atom is 0.332 e. The largest absolute Gasteiger partial charge is 0.504 e. The molecule has 11 nitrogen and oxygen atoms in total. The molecule has 0 saturated carbocycles. The normalized spacial score (nSPS) is 11.3. The Bertz CT molecular complexity index is 1220. The van der Waals surface area contributed by atoms with Gasteiger partial charge in [0.05, 0.1) is 19.1 Å². The smallest absolute Gasteiger partial charge is 0.332 e. The molecule has 2 N–H and O–H groups in total. The van der Waals surface area contributed by atoms with Crippen LogP contribution in [-0.2, 0) is 25.4 Å². The van der Waals surface area contributed by atoms with E-state index < -0.39 is 17.2 Å². The van der Waals surface area contributed by atoms with Crippen molar-refractivity contribution in [3.63, 3.8) is 0 Å². The summed E-state index contributed by atoms with van der Waals surface area (Å²) in [6.45, 7) is 2.01. The lowest BCUT2D eigenvalue weighted by molar-refractivity contribution is -0.121. The number of hydrazone groups is 1. The maximum atomic E-state index is 12.2. The molecular weight excluding hydrogens is 380 g/mol. The molecule has 0 aliphatic rings. The third-order valence-corrected chi connectivity index (χ3v) is 4.21. The standard InChI is InChI=1S/C18H20N6O5/c1-4-29-13-7-11(5-6-12(13)25)8-20-21-14(26)9-24-10-19-15-16(24)22(2)18(28)23(3)17(15)27/h5-8,10,25H,4,9H2,1-3H3,(H,21,26). The molecule has 11 heteroatoms. The molecule has 0 bridgehead atoms. The lowest BCUT2D eigenvalue weighted by Gasteiger charge is -2.08. The van der Waals surface area contributed by atoms with E-state index >= 15 is 0 Å². The lowest BCUT2D eigenvalue weighted by atomic mass is 10.2. The molecule has 2 aromatic heterocycles. The Kier molecular flexibility index (Phi) is 5.48. The number of carbonyl (C=O) groups excluding carboxylic acids is 1. The van der Waals surface area contributed by atoms with Crippen LogP contribution in [0.2, 0.25) is 0 Å². The van der Waals surface area contributed by atoms with Gasteiger partial charge in [-0.15, -0.1) is 0 Å². The lowest BCUT2D eigenvalue weighted by Crippen LogP contribution is -2.37. The number of aromatic hydroxyl groups is 1. The van der Waals surface area contributed by atoms with Crippen LogP contribution in [0.4, 0.5) is 0 Å². The SMILES string of the molecule is CCOc1cc(C=NNC(=O)Cn2cnc3c(=O)n(C)c(=O)n(C)c32)ccc1O. The van der Waals surface area contributed by atoms with E-state index in [2.05, 4.69) is 15.5 Å². The minimum absolute atomic E-state index is 0.0109. The van der Waals surface area contributed by atoms with E-state index in [0.717, 1.165) is 4.57 Å². The third-order valence-electron chi connectivity index (χ3n) is 4.21. The summed E-state index contributed by atoms with van der Waals surface area (Å²) in [6, 6.07) is 4.67. The number of rotatable bonds is 6. The number of amides is 1. The molecule has 0 aliphatic heterocycles. The summed E-state index contributed by atoms with van der Waals surface area (Å²) in [5.41, 5.74) is 2.28. The fourth-order valence-corrected chi connectivity index (χ4v) is 2.81. The predicted molar refractivity (Wildman–Crippen MR) is 105 cm³/mol. The summed E-state index contributed by atoms with van der Waals surface area (Å²) in [5, 5.41) is 13.6. The van der Waals surface area contributed by atoms with Crippen LogP contribution in [0.25, 0.3) is 11.2 Å². The molecule has 29 heavy (non-hydrogen) atoms. The van der Waals surface area contributed by atoms with E-state index in [-0.39, 0.29) is 23.5 Å². The van der Waals surface area contributed by atoms with Crippen molar-refractivity contribution >= 4 is 23.3 Å². The Morgan fingerprint density at radius 2 is 2.07 bits per heavy atom. The van der Waals surface area contributed by atoms with Crippen molar-refractivity contribution in [2.24, 2.45) is 19.2 Å². The monoisotopic (exact) mass is 400 g/mol. The highest BCUT2D eigenvalue weighted by Crippen LogP contribution is 2.26. The molecule has 0 fully saturated rings. The highest BCUT2D eigenvalue weighted by Gasteiger charge is 2.15. The fraction of sp³-hybridized carbons (Fsp3) is 0.278. The molecule has 0 saturated heterocycles. The van der Waals surface area contributed by atoms with Crippen LogP contribution in [-0.4, -0.2) is 42.5 Å². The van der Waals surface area contributed by atoms with Gasteiger partial charge >= 0.3 is 5.69 Å². The fourth-order valence-electron chi connectivity index (χ4n) is 2.81. The van der Waals surface area contributed by atoms with E-state index in [9.17, 15) is 19.5 Å². The van der Waals surface area contributed by atoms with E-state index in [0.29, 0.717) is 17.9 Å². The highest BCUT2D eigenvalue weighted by atomic mass is 16.5. The molecule has 2 heterocycles. The molecule has 3 rings (SSSR count). The summed E-state index contributed by atoms with van der Waals surface area (Å²) in [6.07, 6.45) is 2.72. The van der Waals surface area contributed by atoms with Crippen molar-refractivity contribution in [2.45, 2.75) is 13.5 Å². The van der Waals surface area contributed by atoms with E-state index in [1.807, 2.05) is 0 Å². The summed E-state index contributed by atoms with van der Waals surface area (Å²) in [5.74, 6) is -0.149. The van der Waals surface area contributed by atoms with Gasteiger partial charge in [0.15, 0.2) is 17.0 Å². The second kappa shape index (κ2) is 8.00. The van der Waals surface area contributed by atoms with Crippen molar-refractivity contribution < 1.29 is 14.6 Å². The van der Waals surface area contributed by atoms with Crippen LogP contribution in [0.3, 0.4) is 0 Å². The number of hydrogen-bond donors (Lipinski definition) is 2. The van der Waals surface area contributed by atoms with Gasteiger partial charge in [-0.3, -0.25) is 18.7 Å². The van der Waals surface area contributed by atoms with Crippen molar-refractivity contribution in [1.29, 1.82) is 0 Å². The summed E-state index contributed by atoms with van der Waals surface area (Å²) in [4.78, 5) is 40.5.